The minimum absolute atomic E-state index is 0.0332. The molecular weight excluding hydrogens is 245 g/mol. The van der Waals surface area contributed by atoms with Gasteiger partial charge in [0, 0.05) is 12.4 Å². The number of ether oxygens (including phenoxy) is 1. The molecular formula is C14H16FN3O. The molecule has 0 bridgehead atoms. The standard InChI is InChI=1S/C14H16FN3O/c1-16-12(9-10-3-5-11(15)6-4-10)13-14(19-2)18-8-7-17-13/h3-8,12,16H,9H2,1-2H3. The quantitative estimate of drug-likeness (QED) is 0.895. The van der Waals surface area contributed by atoms with Gasteiger partial charge in [-0.05, 0) is 31.2 Å². The summed E-state index contributed by atoms with van der Waals surface area (Å²) in [4.78, 5) is 8.45. The summed E-state index contributed by atoms with van der Waals surface area (Å²) in [6, 6.07) is 6.41. The number of nitrogens with one attached hydrogen (secondary N) is 1. The van der Waals surface area contributed by atoms with Crippen LogP contribution in [0.4, 0.5) is 4.39 Å². The molecule has 1 heterocycles. The van der Waals surface area contributed by atoms with Crippen molar-refractivity contribution in [2.45, 2.75) is 12.5 Å². The molecule has 0 radical (unpaired) electrons. The van der Waals surface area contributed by atoms with Crippen LogP contribution in [0.25, 0.3) is 0 Å². The predicted octanol–water partition coefficient (Wildman–Crippen LogP) is 2.13. The van der Waals surface area contributed by atoms with Crippen molar-refractivity contribution in [1.82, 2.24) is 15.3 Å². The first kappa shape index (κ1) is 13.4. The van der Waals surface area contributed by atoms with Crippen LogP contribution in [0.1, 0.15) is 17.3 Å². The SMILES string of the molecule is CNC(Cc1ccc(F)cc1)c1nccnc1OC. The monoisotopic (exact) mass is 261 g/mol. The normalized spacial score (nSPS) is 12.2. The molecule has 2 rings (SSSR count). The lowest BCUT2D eigenvalue weighted by molar-refractivity contribution is 0.379. The Balaban J connectivity index is 2.22. The van der Waals surface area contributed by atoms with Crippen LogP contribution < -0.4 is 10.1 Å². The Morgan fingerprint density at radius 1 is 1.21 bits per heavy atom. The highest BCUT2D eigenvalue weighted by atomic mass is 19.1. The number of likely N-dealkylation sites (N-methyl/N-ethyl adjacent to an activating group) is 1. The van der Waals surface area contributed by atoms with Crippen molar-refractivity contribution >= 4 is 0 Å². The molecule has 1 atom stereocenters. The number of methoxy groups -OCH3 is 1. The first-order chi connectivity index (χ1) is 9.24. The number of hydrogen-bond acceptors (Lipinski definition) is 4. The van der Waals surface area contributed by atoms with Gasteiger partial charge in [-0.2, -0.15) is 0 Å². The molecule has 0 aliphatic carbocycles. The summed E-state index contributed by atoms with van der Waals surface area (Å²) in [5.74, 6) is 0.269. The fourth-order valence-electron chi connectivity index (χ4n) is 1.92. The first-order valence-corrected chi connectivity index (χ1v) is 6.01. The van der Waals surface area contributed by atoms with Crippen molar-refractivity contribution in [3.63, 3.8) is 0 Å². The van der Waals surface area contributed by atoms with Gasteiger partial charge in [-0.1, -0.05) is 12.1 Å². The smallest absolute Gasteiger partial charge is 0.237 e. The molecule has 1 N–H and O–H groups in total. The molecule has 0 fully saturated rings. The average Bonchev–Trinajstić information content (AvgIpc) is 2.46. The minimum atomic E-state index is -0.234. The number of halogens is 1. The summed E-state index contributed by atoms with van der Waals surface area (Å²) >= 11 is 0. The Hall–Kier alpha value is -2.01. The van der Waals surface area contributed by atoms with Crippen molar-refractivity contribution in [2.24, 2.45) is 0 Å². The molecule has 4 nitrogen and oxygen atoms in total. The highest BCUT2D eigenvalue weighted by Crippen LogP contribution is 2.23. The highest BCUT2D eigenvalue weighted by molar-refractivity contribution is 5.25. The van der Waals surface area contributed by atoms with Crippen molar-refractivity contribution in [2.75, 3.05) is 14.2 Å². The van der Waals surface area contributed by atoms with E-state index in [1.54, 1.807) is 31.6 Å². The van der Waals surface area contributed by atoms with E-state index in [0.717, 1.165) is 11.3 Å². The van der Waals surface area contributed by atoms with Crippen LogP contribution in [0.3, 0.4) is 0 Å². The lowest BCUT2D eigenvalue weighted by Gasteiger charge is -2.17. The topological polar surface area (TPSA) is 47.0 Å². The van der Waals surface area contributed by atoms with Gasteiger partial charge in [-0.15, -0.1) is 0 Å². The molecule has 0 amide bonds. The molecule has 0 saturated heterocycles. The van der Waals surface area contributed by atoms with Crippen LogP contribution in [-0.4, -0.2) is 24.1 Å². The zero-order chi connectivity index (χ0) is 13.7. The van der Waals surface area contributed by atoms with E-state index in [4.69, 9.17) is 4.74 Å². The molecule has 1 aromatic heterocycles. The van der Waals surface area contributed by atoms with Gasteiger partial charge < -0.3 is 10.1 Å². The molecule has 5 heteroatoms. The first-order valence-electron chi connectivity index (χ1n) is 6.01. The Morgan fingerprint density at radius 3 is 2.53 bits per heavy atom. The summed E-state index contributed by atoms with van der Waals surface area (Å²) in [6.45, 7) is 0. The number of aromatic nitrogens is 2. The number of nitrogens with zero attached hydrogens (tertiary/aromatic N) is 2. The number of rotatable bonds is 5. The fourth-order valence-corrected chi connectivity index (χ4v) is 1.92. The van der Waals surface area contributed by atoms with Crippen molar-refractivity contribution in [3.8, 4) is 5.88 Å². The van der Waals surface area contributed by atoms with Gasteiger partial charge in [-0.25, -0.2) is 9.37 Å². The van der Waals surface area contributed by atoms with E-state index in [1.807, 2.05) is 7.05 Å². The van der Waals surface area contributed by atoms with Crippen molar-refractivity contribution < 1.29 is 9.13 Å². The minimum Gasteiger partial charge on any atom is -0.480 e. The summed E-state index contributed by atoms with van der Waals surface area (Å²) < 4.78 is 18.1. The van der Waals surface area contributed by atoms with Gasteiger partial charge in [0.1, 0.15) is 11.5 Å². The molecule has 0 spiro atoms. The van der Waals surface area contributed by atoms with E-state index in [0.29, 0.717) is 12.3 Å². The zero-order valence-corrected chi connectivity index (χ0v) is 10.9. The second-order valence-corrected chi connectivity index (χ2v) is 4.12. The second kappa shape index (κ2) is 6.24. The van der Waals surface area contributed by atoms with E-state index < -0.39 is 0 Å². The summed E-state index contributed by atoms with van der Waals surface area (Å²) in [5, 5.41) is 3.18. The third kappa shape index (κ3) is 3.26. The summed E-state index contributed by atoms with van der Waals surface area (Å²) in [7, 11) is 3.42. The maximum absolute atomic E-state index is 12.9. The zero-order valence-electron chi connectivity index (χ0n) is 10.9. The number of hydrogen-bond donors (Lipinski definition) is 1. The Labute approximate surface area is 111 Å². The third-order valence-corrected chi connectivity index (χ3v) is 2.92. The van der Waals surface area contributed by atoms with Gasteiger partial charge in [0.25, 0.3) is 0 Å². The maximum atomic E-state index is 12.9. The molecule has 0 saturated carbocycles. The van der Waals surface area contributed by atoms with Crippen molar-refractivity contribution in [3.05, 3.63) is 53.7 Å². The molecule has 1 aromatic carbocycles. The Bertz CT molecular complexity index is 530. The van der Waals surface area contributed by atoms with E-state index in [-0.39, 0.29) is 11.9 Å². The lowest BCUT2D eigenvalue weighted by Crippen LogP contribution is -2.21. The Morgan fingerprint density at radius 2 is 1.89 bits per heavy atom. The molecule has 0 aliphatic heterocycles. The van der Waals surface area contributed by atoms with Gasteiger partial charge in [0.2, 0.25) is 5.88 Å². The number of benzene rings is 1. The van der Waals surface area contributed by atoms with Crippen LogP contribution in [0.2, 0.25) is 0 Å². The van der Waals surface area contributed by atoms with Crippen LogP contribution in [0.5, 0.6) is 5.88 Å². The maximum Gasteiger partial charge on any atom is 0.237 e. The highest BCUT2D eigenvalue weighted by Gasteiger charge is 2.17. The van der Waals surface area contributed by atoms with Crippen LogP contribution in [0, 0.1) is 5.82 Å². The third-order valence-electron chi connectivity index (χ3n) is 2.92. The van der Waals surface area contributed by atoms with E-state index >= 15 is 0 Å². The van der Waals surface area contributed by atoms with Gasteiger partial charge >= 0.3 is 0 Å². The summed E-state index contributed by atoms with van der Waals surface area (Å²) in [6.07, 6.45) is 3.91. The molecule has 1 unspecified atom stereocenters. The summed E-state index contributed by atoms with van der Waals surface area (Å²) in [5.41, 5.74) is 1.77. The van der Waals surface area contributed by atoms with Crippen molar-refractivity contribution in [1.29, 1.82) is 0 Å². The molecule has 2 aromatic rings. The van der Waals surface area contributed by atoms with E-state index in [1.165, 1.54) is 12.1 Å². The largest absolute Gasteiger partial charge is 0.480 e. The van der Waals surface area contributed by atoms with E-state index in [9.17, 15) is 4.39 Å². The van der Waals surface area contributed by atoms with Gasteiger partial charge in [0.05, 0.1) is 13.2 Å². The fraction of sp³-hybridized carbons (Fsp3) is 0.286. The average molecular weight is 261 g/mol. The Kier molecular flexibility index (Phi) is 4.41. The predicted molar refractivity (Wildman–Crippen MR) is 70.5 cm³/mol. The van der Waals surface area contributed by atoms with Crippen LogP contribution in [-0.2, 0) is 6.42 Å². The second-order valence-electron chi connectivity index (χ2n) is 4.12. The molecule has 100 valence electrons. The molecule has 19 heavy (non-hydrogen) atoms. The lowest BCUT2D eigenvalue weighted by atomic mass is 10.0. The molecule has 0 aliphatic rings. The van der Waals surface area contributed by atoms with Gasteiger partial charge in [-0.3, -0.25) is 4.98 Å². The van der Waals surface area contributed by atoms with Crippen LogP contribution >= 0.6 is 0 Å². The van der Waals surface area contributed by atoms with Gasteiger partial charge in [0.15, 0.2) is 0 Å². The van der Waals surface area contributed by atoms with E-state index in [2.05, 4.69) is 15.3 Å². The van der Waals surface area contributed by atoms with Crippen LogP contribution in [0.15, 0.2) is 36.7 Å².